The summed E-state index contributed by atoms with van der Waals surface area (Å²) < 4.78 is 5.02. The largest absolute Gasteiger partial charge is 0.462 e. The lowest BCUT2D eigenvalue weighted by Gasteiger charge is -2.20. The second kappa shape index (κ2) is 10.1. The Balaban J connectivity index is 1.46. The Labute approximate surface area is 192 Å². The van der Waals surface area contributed by atoms with Gasteiger partial charge in [0.1, 0.15) is 0 Å². The van der Waals surface area contributed by atoms with Crippen molar-refractivity contribution in [2.75, 3.05) is 18.5 Å². The molecule has 162 valence electrons. The van der Waals surface area contributed by atoms with Crippen molar-refractivity contribution in [2.24, 2.45) is 0 Å². The molecular weight excluding hydrogens is 418 g/mol. The summed E-state index contributed by atoms with van der Waals surface area (Å²) in [6.07, 6.45) is 2.08. The van der Waals surface area contributed by atoms with E-state index in [4.69, 9.17) is 17.0 Å². The minimum absolute atomic E-state index is 0.123. The topological polar surface area (TPSA) is 66.2 Å². The number of nitrogens with one attached hydrogen (secondary N) is 3. The number of anilines is 1. The third kappa shape index (κ3) is 4.98. The van der Waals surface area contributed by atoms with Crippen molar-refractivity contribution >= 4 is 39.9 Å². The van der Waals surface area contributed by atoms with E-state index in [9.17, 15) is 4.79 Å². The normalized spacial score (nSPS) is 11.7. The van der Waals surface area contributed by atoms with Gasteiger partial charge in [0, 0.05) is 35.2 Å². The Morgan fingerprint density at radius 3 is 2.47 bits per heavy atom. The fourth-order valence-corrected chi connectivity index (χ4v) is 3.95. The third-order valence-electron chi connectivity index (χ3n) is 5.32. The molecule has 0 spiro atoms. The van der Waals surface area contributed by atoms with Crippen LogP contribution in [0.3, 0.4) is 0 Å². The molecule has 0 aliphatic carbocycles. The predicted octanol–water partition coefficient (Wildman–Crippen LogP) is 5.46. The monoisotopic (exact) mass is 443 g/mol. The summed E-state index contributed by atoms with van der Waals surface area (Å²) in [5.74, 6) is -0.206. The zero-order valence-corrected chi connectivity index (χ0v) is 18.6. The van der Waals surface area contributed by atoms with Crippen LogP contribution in [0.15, 0.2) is 85.1 Å². The van der Waals surface area contributed by atoms with Gasteiger partial charge < -0.3 is 20.4 Å². The molecule has 0 aliphatic rings. The Morgan fingerprint density at radius 1 is 1.00 bits per heavy atom. The fourth-order valence-electron chi connectivity index (χ4n) is 3.75. The summed E-state index contributed by atoms with van der Waals surface area (Å²) in [6, 6.07) is 25.8. The van der Waals surface area contributed by atoms with Gasteiger partial charge in [-0.05, 0) is 60.6 Å². The van der Waals surface area contributed by atoms with Crippen molar-refractivity contribution in [3.05, 3.63) is 102 Å². The maximum absolute atomic E-state index is 11.8. The summed E-state index contributed by atoms with van der Waals surface area (Å²) in [4.78, 5) is 15.2. The second-order valence-corrected chi connectivity index (χ2v) is 7.79. The van der Waals surface area contributed by atoms with Crippen LogP contribution >= 0.6 is 12.2 Å². The molecule has 3 N–H and O–H groups in total. The Kier molecular flexibility index (Phi) is 6.82. The highest BCUT2D eigenvalue weighted by atomic mass is 32.1. The van der Waals surface area contributed by atoms with Gasteiger partial charge in [-0.3, -0.25) is 0 Å². The molecule has 4 rings (SSSR count). The van der Waals surface area contributed by atoms with Gasteiger partial charge in [-0.15, -0.1) is 0 Å². The molecule has 0 unspecified atom stereocenters. The Morgan fingerprint density at radius 2 is 1.72 bits per heavy atom. The van der Waals surface area contributed by atoms with E-state index in [2.05, 4.69) is 64.3 Å². The average Bonchev–Trinajstić information content (AvgIpc) is 3.25. The minimum Gasteiger partial charge on any atom is -0.462 e. The number of carbonyl (C=O) groups is 1. The smallest absolute Gasteiger partial charge is 0.338 e. The maximum Gasteiger partial charge on any atom is 0.338 e. The van der Waals surface area contributed by atoms with Crippen LogP contribution in [0.4, 0.5) is 5.69 Å². The number of hydrogen-bond donors (Lipinski definition) is 3. The molecule has 0 aliphatic heterocycles. The van der Waals surface area contributed by atoms with E-state index >= 15 is 0 Å². The van der Waals surface area contributed by atoms with Gasteiger partial charge in [0.15, 0.2) is 5.11 Å². The van der Waals surface area contributed by atoms with E-state index in [1.165, 1.54) is 16.5 Å². The lowest BCUT2D eigenvalue weighted by Crippen LogP contribution is -2.32. The number of rotatable bonds is 7. The number of para-hydroxylation sites is 1. The molecular formula is C26H25N3O2S. The summed E-state index contributed by atoms with van der Waals surface area (Å²) in [7, 11) is 0. The summed E-state index contributed by atoms with van der Waals surface area (Å²) in [5.41, 5.74) is 4.87. The molecule has 5 nitrogen and oxygen atoms in total. The summed E-state index contributed by atoms with van der Waals surface area (Å²) in [5, 5.41) is 8.27. The highest BCUT2D eigenvalue weighted by Crippen LogP contribution is 2.30. The first-order valence-electron chi connectivity index (χ1n) is 10.6. The second-order valence-electron chi connectivity index (χ2n) is 7.39. The molecule has 0 fully saturated rings. The van der Waals surface area contributed by atoms with Gasteiger partial charge >= 0.3 is 5.97 Å². The summed E-state index contributed by atoms with van der Waals surface area (Å²) in [6.45, 7) is 2.78. The number of thiocarbonyl (C=S) groups is 1. The number of benzene rings is 3. The van der Waals surface area contributed by atoms with E-state index in [-0.39, 0.29) is 11.9 Å². The molecule has 4 aromatic rings. The Hall–Kier alpha value is -3.64. The number of esters is 1. The zero-order chi connectivity index (χ0) is 22.3. The first kappa shape index (κ1) is 21.6. The first-order chi connectivity index (χ1) is 15.7. The number of hydrogen-bond acceptors (Lipinski definition) is 3. The number of carbonyl (C=O) groups excluding carboxylic acids is 1. The van der Waals surface area contributed by atoms with Crippen LogP contribution in [-0.2, 0) is 4.74 Å². The molecule has 32 heavy (non-hydrogen) atoms. The first-order valence-corrected chi connectivity index (χ1v) is 11.0. The van der Waals surface area contributed by atoms with Crippen molar-refractivity contribution in [1.29, 1.82) is 0 Å². The van der Waals surface area contributed by atoms with Crippen LogP contribution in [0.25, 0.3) is 10.9 Å². The van der Waals surface area contributed by atoms with Crippen LogP contribution in [-0.4, -0.2) is 29.2 Å². The van der Waals surface area contributed by atoms with Gasteiger partial charge in [0.25, 0.3) is 0 Å². The standard InChI is InChI=1S/C26H25N3O2S/c1-2-31-25(30)19-12-14-20(15-13-19)29-26(32)28-16-22(18-8-4-3-5-9-18)23-17-27-24-11-7-6-10-21(23)24/h3-15,17,22,27H,2,16H2,1H3,(H2,28,29,32)/t22-/m1/s1. The van der Waals surface area contributed by atoms with Crippen LogP contribution < -0.4 is 10.6 Å². The minimum atomic E-state index is -0.329. The maximum atomic E-state index is 11.8. The molecule has 0 amide bonds. The van der Waals surface area contributed by atoms with E-state index in [0.29, 0.717) is 23.8 Å². The molecule has 1 aromatic heterocycles. The lowest BCUT2D eigenvalue weighted by molar-refractivity contribution is 0.0526. The molecule has 0 saturated carbocycles. The Bertz CT molecular complexity index is 1200. The van der Waals surface area contributed by atoms with E-state index in [1.807, 2.05) is 24.3 Å². The third-order valence-corrected chi connectivity index (χ3v) is 5.57. The van der Waals surface area contributed by atoms with Gasteiger partial charge in [0.05, 0.1) is 12.2 Å². The molecule has 1 atom stereocenters. The average molecular weight is 444 g/mol. The number of ether oxygens (including phenoxy) is 1. The fraction of sp³-hybridized carbons (Fsp3) is 0.154. The van der Waals surface area contributed by atoms with Crippen molar-refractivity contribution in [1.82, 2.24) is 10.3 Å². The number of aromatic amines is 1. The van der Waals surface area contributed by atoms with Crippen LogP contribution in [0, 0.1) is 0 Å². The highest BCUT2D eigenvalue weighted by Gasteiger charge is 2.18. The number of H-pyrrole nitrogens is 1. The zero-order valence-electron chi connectivity index (χ0n) is 17.8. The van der Waals surface area contributed by atoms with Crippen molar-refractivity contribution in [2.45, 2.75) is 12.8 Å². The lowest BCUT2D eigenvalue weighted by atomic mass is 9.91. The van der Waals surface area contributed by atoms with Gasteiger partial charge in [-0.2, -0.15) is 0 Å². The molecule has 3 aromatic carbocycles. The predicted molar refractivity (Wildman–Crippen MR) is 133 cm³/mol. The van der Waals surface area contributed by atoms with E-state index in [1.54, 1.807) is 19.1 Å². The van der Waals surface area contributed by atoms with Crippen molar-refractivity contribution < 1.29 is 9.53 Å². The van der Waals surface area contributed by atoms with Gasteiger partial charge in [-0.1, -0.05) is 48.5 Å². The van der Waals surface area contributed by atoms with Crippen molar-refractivity contribution in [3.63, 3.8) is 0 Å². The van der Waals surface area contributed by atoms with Crippen molar-refractivity contribution in [3.8, 4) is 0 Å². The van der Waals surface area contributed by atoms with Crippen LogP contribution in [0.5, 0.6) is 0 Å². The van der Waals surface area contributed by atoms with Gasteiger partial charge in [-0.25, -0.2) is 4.79 Å². The van der Waals surface area contributed by atoms with E-state index < -0.39 is 0 Å². The molecule has 0 saturated heterocycles. The number of fused-ring (bicyclic) bond motifs is 1. The molecule has 1 heterocycles. The van der Waals surface area contributed by atoms with Crippen LogP contribution in [0.2, 0.25) is 0 Å². The highest BCUT2D eigenvalue weighted by molar-refractivity contribution is 7.80. The molecule has 0 radical (unpaired) electrons. The molecule has 0 bridgehead atoms. The van der Waals surface area contributed by atoms with E-state index in [0.717, 1.165) is 11.2 Å². The molecule has 6 heteroatoms. The van der Waals surface area contributed by atoms with Gasteiger partial charge in [0.2, 0.25) is 0 Å². The number of aromatic nitrogens is 1. The van der Waals surface area contributed by atoms with Crippen LogP contribution in [0.1, 0.15) is 34.3 Å². The SMILES string of the molecule is CCOC(=O)c1ccc(NC(=S)NC[C@H](c2ccccc2)c2c[nH]c3ccccc23)cc1. The quantitative estimate of drug-likeness (QED) is 0.261. The summed E-state index contributed by atoms with van der Waals surface area (Å²) >= 11 is 5.53.